The van der Waals surface area contributed by atoms with E-state index in [1.165, 1.54) is 4.90 Å². The maximum absolute atomic E-state index is 12.8. The lowest BCUT2D eigenvalue weighted by molar-refractivity contribution is -0.141. The molecule has 0 atom stereocenters. The first-order valence-electron chi connectivity index (χ1n) is 8.12. The van der Waals surface area contributed by atoms with Crippen molar-refractivity contribution >= 4 is 11.9 Å². The van der Waals surface area contributed by atoms with Gasteiger partial charge in [-0.1, -0.05) is 19.9 Å². The average molecular weight is 327 g/mol. The Kier molecular flexibility index (Phi) is 4.33. The molecular formula is C17H21N5O2. The van der Waals surface area contributed by atoms with Crippen LogP contribution in [-0.2, 0) is 11.3 Å². The number of hydrogen-bond acceptors (Lipinski definition) is 4. The van der Waals surface area contributed by atoms with Crippen LogP contribution in [-0.4, -0.2) is 37.9 Å². The number of carbonyl (C=O) groups is 2. The molecule has 1 fully saturated rings. The standard InChI is InChI=1S/C17H21N5O2/c1-3-17(4-2)11-20-16(24)22(15(17)23)10-13-5-6-14(19-9-13)21-8-7-18-12-21/h5-9,12H,3-4,10-11H2,1-2H3,(H,20,24). The van der Waals surface area contributed by atoms with Gasteiger partial charge in [-0.15, -0.1) is 0 Å². The summed E-state index contributed by atoms with van der Waals surface area (Å²) in [5.74, 6) is 0.636. The van der Waals surface area contributed by atoms with Gasteiger partial charge in [0, 0.05) is 25.1 Å². The number of aromatic nitrogens is 3. The summed E-state index contributed by atoms with van der Waals surface area (Å²) in [7, 11) is 0. The van der Waals surface area contributed by atoms with E-state index in [0.29, 0.717) is 19.4 Å². The van der Waals surface area contributed by atoms with E-state index in [2.05, 4.69) is 15.3 Å². The van der Waals surface area contributed by atoms with E-state index in [0.717, 1.165) is 11.4 Å². The van der Waals surface area contributed by atoms with Gasteiger partial charge in [0.15, 0.2) is 0 Å². The minimum Gasteiger partial charge on any atom is -0.337 e. The van der Waals surface area contributed by atoms with E-state index < -0.39 is 5.41 Å². The molecule has 1 aliphatic heterocycles. The normalized spacial score (nSPS) is 17.0. The van der Waals surface area contributed by atoms with Gasteiger partial charge in [-0.3, -0.25) is 14.3 Å². The Morgan fingerprint density at radius 2 is 2.04 bits per heavy atom. The van der Waals surface area contributed by atoms with Crippen LogP contribution in [0.5, 0.6) is 0 Å². The molecule has 0 saturated carbocycles. The molecular weight excluding hydrogens is 306 g/mol. The number of rotatable bonds is 5. The van der Waals surface area contributed by atoms with E-state index in [1.54, 1.807) is 29.5 Å². The number of urea groups is 1. The Morgan fingerprint density at radius 1 is 1.25 bits per heavy atom. The molecule has 0 unspecified atom stereocenters. The van der Waals surface area contributed by atoms with Crippen molar-refractivity contribution in [2.75, 3.05) is 6.54 Å². The van der Waals surface area contributed by atoms with Gasteiger partial charge < -0.3 is 5.32 Å². The van der Waals surface area contributed by atoms with Crippen LogP contribution in [0, 0.1) is 5.41 Å². The van der Waals surface area contributed by atoms with Crippen molar-refractivity contribution in [2.45, 2.75) is 33.2 Å². The van der Waals surface area contributed by atoms with Crippen LogP contribution in [0.15, 0.2) is 37.1 Å². The molecule has 0 bridgehead atoms. The second kappa shape index (κ2) is 6.43. The number of pyridine rings is 1. The SMILES string of the molecule is CCC1(CC)CNC(=O)N(Cc2ccc(-n3ccnc3)nc2)C1=O. The highest BCUT2D eigenvalue weighted by atomic mass is 16.2. The van der Waals surface area contributed by atoms with Gasteiger partial charge in [-0.2, -0.15) is 0 Å². The molecule has 0 radical (unpaired) electrons. The molecule has 1 aliphatic rings. The van der Waals surface area contributed by atoms with Crippen molar-refractivity contribution in [1.29, 1.82) is 0 Å². The monoisotopic (exact) mass is 327 g/mol. The lowest BCUT2D eigenvalue weighted by Crippen LogP contribution is -2.59. The zero-order valence-corrected chi connectivity index (χ0v) is 13.9. The molecule has 0 aromatic carbocycles. The first-order valence-corrected chi connectivity index (χ1v) is 8.12. The van der Waals surface area contributed by atoms with E-state index >= 15 is 0 Å². The molecule has 126 valence electrons. The topological polar surface area (TPSA) is 80.1 Å². The van der Waals surface area contributed by atoms with Gasteiger partial charge in [0.2, 0.25) is 5.91 Å². The molecule has 3 rings (SSSR count). The van der Waals surface area contributed by atoms with Crippen molar-refractivity contribution in [1.82, 2.24) is 24.8 Å². The molecule has 0 aliphatic carbocycles. The van der Waals surface area contributed by atoms with Gasteiger partial charge in [0.1, 0.15) is 12.1 Å². The van der Waals surface area contributed by atoms with Crippen LogP contribution in [0.3, 0.4) is 0 Å². The van der Waals surface area contributed by atoms with Crippen LogP contribution >= 0.6 is 0 Å². The predicted octanol–water partition coefficient (Wildman–Crippen LogP) is 2.13. The predicted molar refractivity (Wildman–Crippen MR) is 88.3 cm³/mol. The fourth-order valence-corrected chi connectivity index (χ4v) is 2.98. The Bertz CT molecular complexity index is 720. The third kappa shape index (κ3) is 2.77. The highest BCUT2D eigenvalue weighted by Gasteiger charge is 2.44. The van der Waals surface area contributed by atoms with Crippen LogP contribution in [0.25, 0.3) is 5.82 Å². The van der Waals surface area contributed by atoms with E-state index in [9.17, 15) is 9.59 Å². The minimum absolute atomic E-state index is 0.102. The fraction of sp³-hybridized carbons (Fsp3) is 0.412. The van der Waals surface area contributed by atoms with Gasteiger partial charge in [0.05, 0.1) is 12.0 Å². The lowest BCUT2D eigenvalue weighted by atomic mass is 9.79. The van der Waals surface area contributed by atoms with Gasteiger partial charge in [-0.05, 0) is 24.5 Å². The Balaban J connectivity index is 1.79. The van der Waals surface area contributed by atoms with Crippen LogP contribution < -0.4 is 5.32 Å². The van der Waals surface area contributed by atoms with Crippen molar-refractivity contribution in [2.24, 2.45) is 5.41 Å². The molecule has 3 amide bonds. The Labute approximate surface area is 140 Å². The highest BCUT2D eigenvalue weighted by Crippen LogP contribution is 2.31. The first kappa shape index (κ1) is 16.2. The summed E-state index contributed by atoms with van der Waals surface area (Å²) < 4.78 is 1.79. The van der Waals surface area contributed by atoms with Crippen LogP contribution in [0.2, 0.25) is 0 Å². The quantitative estimate of drug-likeness (QED) is 0.912. The van der Waals surface area contributed by atoms with Crippen molar-refractivity contribution < 1.29 is 9.59 Å². The summed E-state index contributed by atoms with van der Waals surface area (Å²) in [4.78, 5) is 34.6. The zero-order valence-electron chi connectivity index (χ0n) is 13.9. The fourth-order valence-electron chi connectivity index (χ4n) is 2.98. The average Bonchev–Trinajstić information content (AvgIpc) is 3.15. The van der Waals surface area contributed by atoms with Gasteiger partial charge in [0.25, 0.3) is 0 Å². The smallest absolute Gasteiger partial charge is 0.324 e. The summed E-state index contributed by atoms with van der Waals surface area (Å²) in [6.45, 7) is 4.60. The third-order valence-corrected chi connectivity index (χ3v) is 4.79. The molecule has 1 N–H and O–H groups in total. The molecule has 7 heteroatoms. The number of amides is 3. The second-order valence-electron chi connectivity index (χ2n) is 6.03. The van der Waals surface area contributed by atoms with E-state index in [-0.39, 0.29) is 18.5 Å². The second-order valence-corrected chi connectivity index (χ2v) is 6.03. The number of imide groups is 1. The first-order chi connectivity index (χ1) is 11.6. The Hall–Kier alpha value is -2.70. The number of hydrogen-bond donors (Lipinski definition) is 1. The van der Waals surface area contributed by atoms with Gasteiger partial charge in [-0.25, -0.2) is 14.8 Å². The maximum Gasteiger partial charge on any atom is 0.324 e. The largest absolute Gasteiger partial charge is 0.337 e. The molecule has 1 saturated heterocycles. The molecule has 3 heterocycles. The summed E-state index contributed by atoms with van der Waals surface area (Å²) >= 11 is 0. The number of nitrogens with zero attached hydrogens (tertiary/aromatic N) is 4. The van der Waals surface area contributed by atoms with Crippen molar-refractivity contribution in [3.05, 3.63) is 42.6 Å². The summed E-state index contributed by atoms with van der Waals surface area (Å²) in [6.07, 6.45) is 8.25. The van der Waals surface area contributed by atoms with Crippen LogP contribution in [0.1, 0.15) is 32.3 Å². The van der Waals surface area contributed by atoms with Gasteiger partial charge >= 0.3 is 6.03 Å². The minimum atomic E-state index is -0.502. The number of nitrogens with one attached hydrogen (secondary N) is 1. The molecule has 2 aromatic heterocycles. The lowest BCUT2D eigenvalue weighted by Gasteiger charge is -2.40. The summed E-state index contributed by atoms with van der Waals surface area (Å²) in [5, 5.41) is 2.84. The number of carbonyl (C=O) groups excluding carboxylic acids is 2. The third-order valence-electron chi connectivity index (χ3n) is 4.79. The van der Waals surface area contributed by atoms with Crippen molar-refractivity contribution in [3.63, 3.8) is 0 Å². The molecule has 7 nitrogen and oxygen atoms in total. The molecule has 24 heavy (non-hydrogen) atoms. The Morgan fingerprint density at radius 3 is 2.62 bits per heavy atom. The highest BCUT2D eigenvalue weighted by molar-refractivity contribution is 6.00. The zero-order chi connectivity index (χ0) is 17.2. The van der Waals surface area contributed by atoms with Crippen molar-refractivity contribution in [3.8, 4) is 5.82 Å². The summed E-state index contributed by atoms with van der Waals surface area (Å²) in [6, 6.07) is 3.38. The number of imidazole rings is 1. The maximum atomic E-state index is 12.8. The van der Waals surface area contributed by atoms with E-state index in [4.69, 9.17) is 0 Å². The van der Waals surface area contributed by atoms with Crippen LogP contribution in [0.4, 0.5) is 4.79 Å². The summed E-state index contributed by atoms with van der Waals surface area (Å²) in [5.41, 5.74) is 0.309. The van der Waals surface area contributed by atoms with E-state index in [1.807, 2.05) is 26.0 Å². The molecule has 2 aromatic rings. The molecule has 0 spiro atoms.